The molecule has 1 radical (unpaired) electrons. The fourth-order valence-corrected chi connectivity index (χ4v) is 1.54. The first-order chi connectivity index (χ1) is 6.98. The molecule has 0 amide bonds. The predicted octanol–water partition coefficient (Wildman–Crippen LogP) is 2.78. The number of nitrogens with zero attached hydrogens (tertiary/aromatic N) is 2. The molecule has 0 unspecified atom stereocenters. The van der Waals surface area contributed by atoms with E-state index in [0.717, 1.165) is 12.3 Å². The smallest absolute Gasteiger partial charge is 0.355 e. The summed E-state index contributed by atoms with van der Waals surface area (Å²) >= 11 is 5.72. The second-order valence-electron chi connectivity index (χ2n) is 3.22. The molecule has 1 aromatic rings. The van der Waals surface area contributed by atoms with Gasteiger partial charge in [-0.25, -0.2) is 4.98 Å². The van der Waals surface area contributed by atoms with E-state index in [1.807, 2.05) is 6.42 Å². The zero-order valence-electron chi connectivity index (χ0n) is 7.55. The average molecular weight is 236 g/mol. The molecular weight excluding hydrogens is 229 g/mol. The quantitative estimate of drug-likeness (QED) is 0.744. The minimum absolute atomic E-state index is 0.0397. The van der Waals surface area contributed by atoms with Crippen LogP contribution < -0.4 is 4.90 Å². The van der Waals surface area contributed by atoms with Gasteiger partial charge in [0.1, 0.15) is 5.82 Å². The van der Waals surface area contributed by atoms with Crippen LogP contribution in [0.15, 0.2) is 12.3 Å². The standard InChI is InChI=1S/C9H7ClF3N2/c10-7-4-6(9(11,12)13)5-14-8(7)15-2-1-3-15/h1,4-5H,2-3H2. The van der Waals surface area contributed by atoms with Gasteiger partial charge < -0.3 is 4.90 Å². The second kappa shape index (κ2) is 3.56. The van der Waals surface area contributed by atoms with Crippen LogP contribution in [-0.4, -0.2) is 18.1 Å². The fourth-order valence-electron chi connectivity index (χ4n) is 1.25. The summed E-state index contributed by atoms with van der Waals surface area (Å²) in [7, 11) is 0. The number of alkyl halides is 3. The Hall–Kier alpha value is -0.970. The minimum atomic E-state index is -4.39. The first-order valence-corrected chi connectivity index (χ1v) is 4.65. The molecule has 0 atom stereocenters. The normalized spacial score (nSPS) is 16.4. The van der Waals surface area contributed by atoms with E-state index in [1.165, 1.54) is 0 Å². The molecule has 0 N–H and O–H groups in total. The number of hydrogen-bond acceptors (Lipinski definition) is 2. The Morgan fingerprint density at radius 1 is 1.33 bits per heavy atom. The summed E-state index contributed by atoms with van der Waals surface area (Å²) in [5.41, 5.74) is -0.819. The van der Waals surface area contributed by atoms with E-state index in [0.29, 0.717) is 18.9 Å². The van der Waals surface area contributed by atoms with E-state index in [2.05, 4.69) is 4.98 Å². The molecule has 2 nitrogen and oxygen atoms in total. The van der Waals surface area contributed by atoms with E-state index >= 15 is 0 Å². The SMILES string of the molecule is FC(F)(F)c1cnc(N2C[CH]C2)c(Cl)c1. The van der Waals surface area contributed by atoms with E-state index in [9.17, 15) is 13.2 Å². The zero-order chi connectivity index (χ0) is 11.1. The molecule has 6 heteroatoms. The molecule has 1 aliphatic heterocycles. The van der Waals surface area contributed by atoms with Crippen LogP contribution in [0.5, 0.6) is 0 Å². The maximum atomic E-state index is 12.3. The fraction of sp³-hybridized carbons (Fsp3) is 0.333. The Balaban J connectivity index is 2.30. The summed E-state index contributed by atoms with van der Waals surface area (Å²) in [6.45, 7) is 1.36. The zero-order valence-corrected chi connectivity index (χ0v) is 8.31. The van der Waals surface area contributed by atoms with E-state index in [4.69, 9.17) is 11.6 Å². The third-order valence-electron chi connectivity index (χ3n) is 2.15. The van der Waals surface area contributed by atoms with Gasteiger partial charge in [0.15, 0.2) is 0 Å². The maximum Gasteiger partial charge on any atom is 0.417 e. The number of anilines is 1. The average Bonchev–Trinajstić information content (AvgIpc) is 2.03. The van der Waals surface area contributed by atoms with Crippen LogP contribution in [0.4, 0.5) is 19.0 Å². The van der Waals surface area contributed by atoms with Gasteiger partial charge in [-0.2, -0.15) is 13.2 Å². The van der Waals surface area contributed by atoms with Crippen LogP contribution in [0.2, 0.25) is 5.02 Å². The Labute approximate surface area is 89.7 Å². The van der Waals surface area contributed by atoms with Gasteiger partial charge in [0.2, 0.25) is 0 Å². The summed E-state index contributed by atoms with van der Waals surface area (Å²) in [6, 6.07) is 0.905. The highest BCUT2D eigenvalue weighted by Gasteiger charge is 2.32. The van der Waals surface area contributed by atoms with Crippen molar-refractivity contribution in [3.8, 4) is 0 Å². The van der Waals surface area contributed by atoms with Crippen LogP contribution in [0.1, 0.15) is 5.56 Å². The van der Waals surface area contributed by atoms with Crippen molar-refractivity contribution in [2.75, 3.05) is 18.0 Å². The maximum absolute atomic E-state index is 12.3. The molecule has 0 bridgehead atoms. The van der Waals surface area contributed by atoms with E-state index in [-0.39, 0.29) is 5.02 Å². The highest BCUT2D eigenvalue weighted by atomic mass is 35.5. The van der Waals surface area contributed by atoms with Gasteiger partial charge in [0.05, 0.1) is 10.6 Å². The van der Waals surface area contributed by atoms with Gasteiger partial charge in [0, 0.05) is 25.7 Å². The third-order valence-corrected chi connectivity index (χ3v) is 2.43. The number of aromatic nitrogens is 1. The summed E-state index contributed by atoms with van der Waals surface area (Å²) in [5.74, 6) is 0.409. The molecule has 1 fully saturated rings. The van der Waals surface area contributed by atoms with Crippen LogP contribution in [0, 0.1) is 6.42 Å². The van der Waals surface area contributed by atoms with E-state index < -0.39 is 11.7 Å². The highest BCUT2D eigenvalue weighted by molar-refractivity contribution is 6.33. The van der Waals surface area contributed by atoms with Gasteiger partial charge >= 0.3 is 6.18 Å². The molecule has 1 aliphatic rings. The van der Waals surface area contributed by atoms with Crippen LogP contribution in [0.25, 0.3) is 0 Å². The summed E-state index contributed by atoms with van der Waals surface area (Å²) in [6.07, 6.45) is -1.61. The molecule has 0 spiro atoms. The first kappa shape index (κ1) is 10.5. The van der Waals surface area contributed by atoms with Crippen molar-refractivity contribution in [2.45, 2.75) is 6.18 Å². The number of halogens is 4. The van der Waals surface area contributed by atoms with Gasteiger partial charge in [-0.15, -0.1) is 0 Å². The van der Waals surface area contributed by atoms with Gasteiger partial charge in [-0.05, 0) is 6.07 Å². The summed E-state index contributed by atoms with van der Waals surface area (Å²) in [5, 5.41) is 0.0397. The number of hydrogen-bond donors (Lipinski definition) is 0. The van der Waals surface area contributed by atoms with Gasteiger partial charge in [0.25, 0.3) is 0 Å². The Morgan fingerprint density at radius 2 is 2.00 bits per heavy atom. The molecular formula is C9H7ClF3N2. The molecule has 15 heavy (non-hydrogen) atoms. The topological polar surface area (TPSA) is 16.1 Å². The van der Waals surface area contributed by atoms with Gasteiger partial charge in [-0.3, -0.25) is 0 Å². The lowest BCUT2D eigenvalue weighted by Gasteiger charge is -2.32. The first-order valence-electron chi connectivity index (χ1n) is 4.28. The highest BCUT2D eigenvalue weighted by Crippen LogP contribution is 2.34. The molecule has 0 saturated carbocycles. The molecule has 0 aliphatic carbocycles. The van der Waals surface area contributed by atoms with Crippen molar-refractivity contribution in [2.24, 2.45) is 0 Å². The van der Waals surface area contributed by atoms with Crippen LogP contribution in [-0.2, 0) is 6.18 Å². The summed E-state index contributed by atoms with van der Waals surface area (Å²) < 4.78 is 36.8. The predicted molar refractivity (Wildman–Crippen MR) is 50.8 cm³/mol. The number of pyridine rings is 1. The largest absolute Gasteiger partial charge is 0.417 e. The Bertz CT molecular complexity index is 374. The Kier molecular flexibility index (Phi) is 2.50. The summed E-state index contributed by atoms with van der Waals surface area (Å²) in [4.78, 5) is 5.51. The lowest BCUT2D eigenvalue weighted by Crippen LogP contribution is -2.38. The van der Waals surface area contributed by atoms with E-state index in [1.54, 1.807) is 4.90 Å². The van der Waals surface area contributed by atoms with Gasteiger partial charge in [-0.1, -0.05) is 11.6 Å². The monoisotopic (exact) mass is 235 g/mol. The molecule has 81 valence electrons. The third kappa shape index (κ3) is 2.02. The Morgan fingerprint density at radius 3 is 2.40 bits per heavy atom. The minimum Gasteiger partial charge on any atom is -0.355 e. The van der Waals surface area contributed by atoms with Crippen molar-refractivity contribution in [3.05, 3.63) is 29.3 Å². The van der Waals surface area contributed by atoms with Crippen molar-refractivity contribution < 1.29 is 13.2 Å². The van der Waals surface area contributed by atoms with Crippen molar-refractivity contribution in [3.63, 3.8) is 0 Å². The lowest BCUT2D eigenvalue weighted by molar-refractivity contribution is -0.137. The lowest BCUT2D eigenvalue weighted by atomic mass is 10.2. The molecule has 2 heterocycles. The van der Waals surface area contributed by atoms with Crippen LogP contribution in [0.3, 0.4) is 0 Å². The van der Waals surface area contributed by atoms with Crippen molar-refractivity contribution in [1.29, 1.82) is 0 Å². The van der Waals surface area contributed by atoms with Crippen molar-refractivity contribution in [1.82, 2.24) is 4.98 Å². The van der Waals surface area contributed by atoms with Crippen molar-refractivity contribution >= 4 is 17.4 Å². The molecule has 2 rings (SSSR count). The molecule has 1 aromatic heterocycles. The number of rotatable bonds is 1. The van der Waals surface area contributed by atoms with Crippen LogP contribution >= 0.6 is 11.6 Å². The second-order valence-corrected chi connectivity index (χ2v) is 3.63. The molecule has 0 aromatic carbocycles. The molecule has 1 saturated heterocycles.